The fraction of sp³-hybridized carbons (Fsp3) is 0.429. The van der Waals surface area contributed by atoms with Crippen LogP contribution in [0.2, 0.25) is 0 Å². The molecule has 0 aliphatic rings. The summed E-state index contributed by atoms with van der Waals surface area (Å²) in [4.78, 5) is 27.2. The van der Waals surface area contributed by atoms with E-state index in [9.17, 15) is 9.59 Å². The Morgan fingerprint density at radius 1 is 1.15 bits per heavy atom. The summed E-state index contributed by atoms with van der Waals surface area (Å²) in [5.41, 5.74) is 4.22. The average Bonchev–Trinajstić information content (AvgIpc) is 2.53. The molecule has 0 aliphatic heterocycles. The lowest BCUT2D eigenvalue weighted by Crippen LogP contribution is -2.37. The monoisotopic (exact) mass is 356 g/mol. The third kappa shape index (κ3) is 4.75. The maximum absolute atomic E-state index is 12.4. The zero-order chi connectivity index (χ0) is 19.4. The summed E-state index contributed by atoms with van der Waals surface area (Å²) < 4.78 is 5.92. The number of H-pyrrole nitrogens is 1. The van der Waals surface area contributed by atoms with Crippen LogP contribution in [0.15, 0.2) is 29.1 Å². The lowest BCUT2D eigenvalue weighted by Gasteiger charge is -2.19. The normalized spacial score (nSPS) is 12.1. The van der Waals surface area contributed by atoms with E-state index in [0.717, 1.165) is 28.1 Å². The second kappa shape index (κ2) is 8.21. The van der Waals surface area contributed by atoms with Crippen molar-refractivity contribution in [3.8, 4) is 5.75 Å². The number of rotatable bonds is 6. The van der Waals surface area contributed by atoms with Crippen molar-refractivity contribution in [2.45, 2.75) is 60.1 Å². The molecule has 2 rings (SSSR count). The van der Waals surface area contributed by atoms with Crippen molar-refractivity contribution in [2.75, 3.05) is 0 Å². The molecule has 5 nitrogen and oxygen atoms in total. The molecule has 0 saturated heterocycles. The Kier molecular flexibility index (Phi) is 6.24. The molecule has 1 aromatic heterocycles. The van der Waals surface area contributed by atoms with Gasteiger partial charge in [0.2, 0.25) is 0 Å². The molecule has 0 spiro atoms. The van der Waals surface area contributed by atoms with E-state index in [-0.39, 0.29) is 18.0 Å². The van der Waals surface area contributed by atoms with Gasteiger partial charge in [-0.2, -0.15) is 0 Å². The standard InChI is InChI=1S/C21H28N2O3/c1-12(2)17-8-7-13(3)9-19(17)26-16(6)20(24)22-11-18-14(4)10-15(5)23-21(18)25/h7-10,12,16H,11H2,1-6H3,(H,22,24)(H,23,25). The number of carbonyl (C=O) groups excluding carboxylic acids is 1. The van der Waals surface area contributed by atoms with E-state index in [2.05, 4.69) is 24.1 Å². The van der Waals surface area contributed by atoms with Gasteiger partial charge in [0.15, 0.2) is 6.10 Å². The van der Waals surface area contributed by atoms with Gasteiger partial charge in [-0.05, 0) is 62.4 Å². The van der Waals surface area contributed by atoms with Crippen molar-refractivity contribution in [1.82, 2.24) is 10.3 Å². The van der Waals surface area contributed by atoms with Crippen molar-refractivity contribution in [3.63, 3.8) is 0 Å². The first-order valence-corrected chi connectivity index (χ1v) is 8.93. The van der Waals surface area contributed by atoms with Crippen LogP contribution in [0.25, 0.3) is 0 Å². The van der Waals surface area contributed by atoms with E-state index in [1.54, 1.807) is 6.92 Å². The second-order valence-electron chi connectivity index (χ2n) is 7.12. The van der Waals surface area contributed by atoms with Gasteiger partial charge in [0, 0.05) is 17.8 Å². The summed E-state index contributed by atoms with van der Waals surface area (Å²) >= 11 is 0. The Morgan fingerprint density at radius 2 is 1.85 bits per heavy atom. The first-order chi connectivity index (χ1) is 12.2. The number of pyridine rings is 1. The highest BCUT2D eigenvalue weighted by Gasteiger charge is 2.18. The van der Waals surface area contributed by atoms with E-state index in [1.807, 2.05) is 45.0 Å². The van der Waals surface area contributed by atoms with Gasteiger partial charge in [0.25, 0.3) is 11.5 Å². The predicted molar refractivity (Wildman–Crippen MR) is 104 cm³/mol. The number of benzene rings is 1. The van der Waals surface area contributed by atoms with Crippen LogP contribution in [0, 0.1) is 20.8 Å². The van der Waals surface area contributed by atoms with Crippen LogP contribution in [0.1, 0.15) is 54.6 Å². The Hall–Kier alpha value is -2.56. The molecule has 1 amide bonds. The van der Waals surface area contributed by atoms with Crippen LogP contribution in [-0.2, 0) is 11.3 Å². The van der Waals surface area contributed by atoms with Crippen molar-refractivity contribution >= 4 is 5.91 Å². The topological polar surface area (TPSA) is 71.2 Å². The molecule has 0 radical (unpaired) electrons. The number of carbonyl (C=O) groups is 1. The lowest BCUT2D eigenvalue weighted by atomic mass is 10.0. The van der Waals surface area contributed by atoms with Gasteiger partial charge in [0.05, 0.1) is 0 Å². The zero-order valence-electron chi connectivity index (χ0n) is 16.4. The summed E-state index contributed by atoms with van der Waals surface area (Å²) in [6.07, 6.45) is -0.654. The average molecular weight is 356 g/mol. The number of ether oxygens (including phenoxy) is 1. The van der Waals surface area contributed by atoms with Gasteiger partial charge in [0.1, 0.15) is 5.75 Å². The van der Waals surface area contributed by atoms with Crippen molar-refractivity contribution in [1.29, 1.82) is 0 Å². The molecule has 2 N–H and O–H groups in total. The van der Waals surface area contributed by atoms with Crippen LogP contribution in [0.3, 0.4) is 0 Å². The summed E-state index contributed by atoms with van der Waals surface area (Å²) in [7, 11) is 0. The number of hydrogen-bond donors (Lipinski definition) is 2. The van der Waals surface area contributed by atoms with Crippen LogP contribution < -0.4 is 15.6 Å². The highest BCUT2D eigenvalue weighted by atomic mass is 16.5. The van der Waals surface area contributed by atoms with Gasteiger partial charge in [-0.15, -0.1) is 0 Å². The lowest BCUT2D eigenvalue weighted by molar-refractivity contribution is -0.127. The van der Waals surface area contributed by atoms with Crippen molar-refractivity contribution in [3.05, 3.63) is 62.6 Å². The number of aryl methyl sites for hydroxylation is 3. The Balaban J connectivity index is 2.07. The SMILES string of the molecule is Cc1ccc(C(C)C)c(OC(C)C(=O)NCc2c(C)cc(C)[nH]c2=O)c1. The van der Waals surface area contributed by atoms with Crippen LogP contribution in [0.5, 0.6) is 5.75 Å². The molecule has 1 unspecified atom stereocenters. The van der Waals surface area contributed by atoms with Gasteiger partial charge < -0.3 is 15.0 Å². The largest absolute Gasteiger partial charge is 0.481 e. The molecule has 1 atom stereocenters. The highest BCUT2D eigenvalue weighted by molar-refractivity contribution is 5.80. The summed E-state index contributed by atoms with van der Waals surface area (Å²) in [6, 6.07) is 7.92. The molecule has 1 heterocycles. The number of aromatic nitrogens is 1. The van der Waals surface area contributed by atoms with Crippen molar-refractivity contribution in [2.24, 2.45) is 0 Å². The molecule has 140 valence electrons. The van der Waals surface area contributed by atoms with Gasteiger partial charge in [-0.25, -0.2) is 0 Å². The molecule has 1 aromatic carbocycles. The fourth-order valence-corrected chi connectivity index (χ4v) is 2.89. The molecular formula is C21H28N2O3. The maximum Gasteiger partial charge on any atom is 0.261 e. The third-order valence-corrected chi connectivity index (χ3v) is 4.40. The van der Waals surface area contributed by atoms with E-state index >= 15 is 0 Å². The van der Waals surface area contributed by atoms with Crippen molar-refractivity contribution < 1.29 is 9.53 Å². The molecule has 5 heteroatoms. The van der Waals surface area contributed by atoms with Crippen LogP contribution in [-0.4, -0.2) is 17.0 Å². The van der Waals surface area contributed by atoms with E-state index in [4.69, 9.17) is 4.74 Å². The summed E-state index contributed by atoms with van der Waals surface area (Å²) in [5.74, 6) is 0.780. The van der Waals surface area contributed by atoms with Crippen LogP contribution >= 0.6 is 0 Å². The smallest absolute Gasteiger partial charge is 0.261 e. The zero-order valence-corrected chi connectivity index (χ0v) is 16.4. The number of aromatic amines is 1. The minimum absolute atomic E-state index is 0.169. The number of nitrogens with one attached hydrogen (secondary N) is 2. The first kappa shape index (κ1) is 19.8. The van der Waals surface area contributed by atoms with Gasteiger partial charge in [-0.1, -0.05) is 26.0 Å². The van der Waals surface area contributed by atoms with E-state index in [1.165, 1.54) is 0 Å². The molecule has 0 bridgehead atoms. The Bertz CT molecular complexity index is 853. The summed E-state index contributed by atoms with van der Waals surface area (Å²) in [5, 5.41) is 2.80. The molecular weight excluding hydrogens is 328 g/mol. The van der Waals surface area contributed by atoms with E-state index in [0.29, 0.717) is 11.5 Å². The molecule has 0 fully saturated rings. The minimum Gasteiger partial charge on any atom is -0.481 e. The second-order valence-corrected chi connectivity index (χ2v) is 7.12. The highest BCUT2D eigenvalue weighted by Crippen LogP contribution is 2.28. The molecule has 0 aliphatic carbocycles. The molecule has 26 heavy (non-hydrogen) atoms. The predicted octanol–water partition coefficient (Wildman–Crippen LogP) is 3.51. The summed E-state index contributed by atoms with van der Waals surface area (Å²) in [6.45, 7) is 11.8. The number of amides is 1. The van der Waals surface area contributed by atoms with Gasteiger partial charge in [-0.3, -0.25) is 9.59 Å². The quantitative estimate of drug-likeness (QED) is 0.832. The Morgan fingerprint density at radius 3 is 2.46 bits per heavy atom. The van der Waals surface area contributed by atoms with E-state index < -0.39 is 6.10 Å². The Labute approximate surface area is 154 Å². The number of hydrogen-bond acceptors (Lipinski definition) is 3. The maximum atomic E-state index is 12.4. The molecule has 0 saturated carbocycles. The van der Waals surface area contributed by atoms with Gasteiger partial charge >= 0.3 is 0 Å². The third-order valence-electron chi connectivity index (χ3n) is 4.40. The first-order valence-electron chi connectivity index (χ1n) is 8.93. The minimum atomic E-state index is -0.654. The fourth-order valence-electron chi connectivity index (χ4n) is 2.89. The molecule has 2 aromatic rings. The van der Waals surface area contributed by atoms with Crippen LogP contribution in [0.4, 0.5) is 0 Å².